The van der Waals surface area contributed by atoms with Crippen molar-refractivity contribution in [1.29, 1.82) is 0 Å². The molecule has 0 radical (unpaired) electrons. The molecule has 1 unspecified atom stereocenters. The number of ether oxygens (including phenoxy) is 1. The van der Waals surface area contributed by atoms with Gasteiger partial charge in [0.15, 0.2) is 0 Å². The molecule has 90 valence electrons. The second kappa shape index (κ2) is 4.49. The Morgan fingerprint density at radius 2 is 1.94 bits per heavy atom. The number of anilines is 1. The first-order valence-corrected chi connectivity index (χ1v) is 5.60. The van der Waals surface area contributed by atoms with Crippen LogP contribution in [0.5, 0.6) is 5.88 Å². The molecule has 0 fully saturated rings. The molecule has 4 heteroatoms. The third-order valence-electron chi connectivity index (χ3n) is 2.77. The topological polar surface area (TPSA) is 53.1 Å². The zero-order valence-corrected chi connectivity index (χ0v) is 10.3. The molecule has 0 saturated heterocycles. The van der Waals surface area contributed by atoms with E-state index in [9.17, 15) is 0 Å². The molecule has 4 nitrogen and oxygen atoms in total. The molecule has 1 aromatic heterocycles. The molecule has 17 heavy (non-hydrogen) atoms. The fourth-order valence-corrected chi connectivity index (χ4v) is 1.75. The van der Waals surface area contributed by atoms with E-state index < -0.39 is 0 Å². The Bertz CT molecular complexity index is 505. The van der Waals surface area contributed by atoms with E-state index in [0.717, 1.165) is 11.3 Å². The van der Waals surface area contributed by atoms with Gasteiger partial charge >= 0.3 is 0 Å². The van der Waals surface area contributed by atoms with Crippen molar-refractivity contribution in [1.82, 2.24) is 9.78 Å². The van der Waals surface area contributed by atoms with Crippen molar-refractivity contribution >= 4 is 5.69 Å². The van der Waals surface area contributed by atoms with Gasteiger partial charge in [-0.15, -0.1) is 0 Å². The molecule has 2 N–H and O–H groups in total. The number of rotatable bonds is 3. The summed E-state index contributed by atoms with van der Waals surface area (Å²) >= 11 is 0. The summed E-state index contributed by atoms with van der Waals surface area (Å²) in [5, 5.41) is 4.22. The number of nitrogen functional groups attached to an aromatic ring is 1. The van der Waals surface area contributed by atoms with Crippen LogP contribution >= 0.6 is 0 Å². The number of hydrogen-bond acceptors (Lipinski definition) is 3. The average molecular weight is 231 g/mol. The van der Waals surface area contributed by atoms with Crippen LogP contribution in [0.2, 0.25) is 0 Å². The van der Waals surface area contributed by atoms with Crippen LogP contribution in [0.15, 0.2) is 30.3 Å². The average Bonchev–Trinajstić information content (AvgIpc) is 2.57. The zero-order chi connectivity index (χ0) is 12.4. The lowest BCUT2D eigenvalue weighted by atomic mass is 10.1. The number of benzene rings is 1. The lowest BCUT2D eigenvalue weighted by molar-refractivity contribution is 0.208. The van der Waals surface area contributed by atoms with Gasteiger partial charge in [0, 0.05) is 7.05 Å². The van der Waals surface area contributed by atoms with Crippen LogP contribution in [0.3, 0.4) is 0 Å². The molecule has 2 rings (SSSR count). The molecule has 0 bridgehead atoms. The zero-order valence-electron chi connectivity index (χ0n) is 10.3. The van der Waals surface area contributed by atoms with E-state index in [1.165, 1.54) is 0 Å². The van der Waals surface area contributed by atoms with Gasteiger partial charge < -0.3 is 10.5 Å². The number of nitrogens with zero attached hydrogens (tertiary/aromatic N) is 2. The van der Waals surface area contributed by atoms with Crippen molar-refractivity contribution < 1.29 is 4.74 Å². The minimum atomic E-state index is -0.0479. The molecule has 1 aromatic carbocycles. The molecule has 0 aliphatic carbocycles. The second-order valence-corrected chi connectivity index (χ2v) is 4.10. The summed E-state index contributed by atoms with van der Waals surface area (Å²) in [4.78, 5) is 0. The van der Waals surface area contributed by atoms with E-state index in [4.69, 9.17) is 10.5 Å². The SMILES string of the molecule is Cc1nn(C)c(OC(C)c2ccccc2)c1N. The van der Waals surface area contributed by atoms with Crippen molar-refractivity contribution in [3.05, 3.63) is 41.6 Å². The summed E-state index contributed by atoms with van der Waals surface area (Å²) < 4.78 is 7.53. The highest BCUT2D eigenvalue weighted by atomic mass is 16.5. The Balaban J connectivity index is 2.22. The van der Waals surface area contributed by atoms with Crippen molar-refractivity contribution in [2.45, 2.75) is 20.0 Å². The molecule has 0 saturated carbocycles. The van der Waals surface area contributed by atoms with E-state index in [2.05, 4.69) is 5.10 Å². The summed E-state index contributed by atoms with van der Waals surface area (Å²) in [6.07, 6.45) is -0.0479. The molecule has 0 aliphatic rings. The van der Waals surface area contributed by atoms with Crippen molar-refractivity contribution in [2.24, 2.45) is 7.05 Å². The van der Waals surface area contributed by atoms with Crippen LogP contribution < -0.4 is 10.5 Å². The number of aromatic nitrogens is 2. The minimum Gasteiger partial charge on any atom is -0.468 e. The first kappa shape index (κ1) is 11.5. The van der Waals surface area contributed by atoms with Gasteiger partial charge in [-0.2, -0.15) is 5.10 Å². The largest absolute Gasteiger partial charge is 0.468 e. The Labute approximate surface area is 101 Å². The first-order chi connectivity index (χ1) is 8.09. The molecular weight excluding hydrogens is 214 g/mol. The highest BCUT2D eigenvalue weighted by Crippen LogP contribution is 2.28. The fourth-order valence-electron chi connectivity index (χ4n) is 1.75. The lowest BCUT2D eigenvalue weighted by Crippen LogP contribution is -2.07. The van der Waals surface area contributed by atoms with E-state index in [1.807, 2.05) is 51.2 Å². The number of aryl methyl sites for hydroxylation is 2. The first-order valence-electron chi connectivity index (χ1n) is 5.60. The Morgan fingerprint density at radius 1 is 1.29 bits per heavy atom. The number of hydrogen-bond donors (Lipinski definition) is 1. The van der Waals surface area contributed by atoms with Crippen LogP contribution in [-0.4, -0.2) is 9.78 Å². The third kappa shape index (κ3) is 2.25. The summed E-state index contributed by atoms with van der Waals surface area (Å²) in [5.41, 5.74) is 8.44. The lowest BCUT2D eigenvalue weighted by Gasteiger charge is -2.15. The standard InChI is InChI=1S/C13H17N3O/c1-9-12(14)13(16(3)15-9)17-10(2)11-7-5-4-6-8-11/h4-8,10H,14H2,1-3H3. The van der Waals surface area contributed by atoms with Crippen LogP contribution in [0.4, 0.5) is 5.69 Å². The van der Waals surface area contributed by atoms with Gasteiger partial charge in [0.1, 0.15) is 11.8 Å². The quantitative estimate of drug-likeness (QED) is 0.882. The predicted octanol–water partition coefficient (Wildman–Crippen LogP) is 2.45. The van der Waals surface area contributed by atoms with Gasteiger partial charge in [-0.1, -0.05) is 30.3 Å². The predicted molar refractivity (Wildman–Crippen MR) is 67.8 cm³/mol. The van der Waals surface area contributed by atoms with E-state index in [-0.39, 0.29) is 6.10 Å². The van der Waals surface area contributed by atoms with Crippen molar-refractivity contribution in [3.63, 3.8) is 0 Å². The molecule has 1 atom stereocenters. The van der Waals surface area contributed by atoms with Crippen molar-refractivity contribution in [3.8, 4) is 5.88 Å². The van der Waals surface area contributed by atoms with Gasteiger partial charge in [0.05, 0.1) is 5.69 Å². The maximum atomic E-state index is 5.92. The fraction of sp³-hybridized carbons (Fsp3) is 0.308. The number of nitrogens with two attached hydrogens (primary N) is 1. The highest BCUT2D eigenvalue weighted by Gasteiger charge is 2.15. The summed E-state index contributed by atoms with van der Waals surface area (Å²) in [5.74, 6) is 0.624. The van der Waals surface area contributed by atoms with Gasteiger partial charge in [0.2, 0.25) is 5.88 Å². The van der Waals surface area contributed by atoms with Gasteiger partial charge in [-0.25, -0.2) is 4.68 Å². The molecule has 0 amide bonds. The van der Waals surface area contributed by atoms with E-state index in [0.29, 0.717) is 11.6 Å². The summed E-state index contributed by atoms with van der Waals surface area (Å²) in [7, 11) is 1.83. The maximum absolute atomic E-state index is 5.92. The van der Waals surface area contributed by atoms with E-state index in [1.54, 1.807) is 4.68 Å². The minimum absolute atomic E-state index is 0.0479. The summed E-state index contributed by atoms with van der Waals surface area (Å²) in [6.45, 7) is 3.87. The maximum Gasteiger partial charge on any atom is 0.236 e. The third-order valence-corrected chi connectivity index (χ3v) is 2.77. The van der Waals surface area contributed by atoms with Crippen LogP contribution in [0.1, 0.15) is 24.3 Å². The van der Waals surface area contributed by atoms with Crippen LogP contribution in [0, 0.1) is 6.92 Å². The molecule has 0 spiro atoms. The Hall–Kier alpha value is -1.97. The van der Waals surface area contributed by atoms with Crippen LogP contribution in [0.25, 0.3) is 0 Å². The van der Waals surface area contributed by atoms with Crippen molar-refractivity contribution in [2.75, 3.05) is 5.73 Å². The summed E-state index contributed by atoms with van der Waals surface area (Å²) in [6, 6.07) is 10.0. The van der Waals surface area contributed by atoms with Gasteiger partial charge in [-0.3, -0.25) is 0 Å². The van der Waals surface area contributed by atoms with E-state index >= 15 is 0 Å². The van der Waals surface area contributed by atoms with Gasteiger partial charge in [0.25, 0.3) is 0 Å². The Morgan fingerprint density at radius 3 is 2.47 bits per heavy atom. The monoisotopic (exact) mass is 231 g/mol. The smallest absolute Gasteiger partial charge is 0.236 e. The molecule has 1 heterocycles. The molecular formula is C13H17N3O. The van der Waals surface area contributed by atoms with Crippen LogP contribution in [-0.2, 0) is 7.05 Å². The second-order valence-electron chi connectivity index (χ2n) is 4.10. The highest BCUT2D eigenvalue weighted by molar-refractivity contribution is 5.52. The van der Waals surface area contributed by atoms with Gasteiger partial charge in [-0.05, 0) is 19.4 Å². The molecule has 0 aliphatic heterocycles. The Kier molecular flexibility index (Phi) is 3.04. The normalized spacial score (nSPS) is 12.4. The molecule has 2 aromatic rings.